The molecule has 0 amide bonds. The van der Waals surface area contributed by atoms with Crippen LogP contribution in [0.15, 0.2) is 4.99 Å². The third kappa shape index (κ3) is 9.64. The van der Waals surface area contributed by atoms with Crippen molar-refractivity contribution in [2.45, 2.75) is 63.8 Å². The Morgan fingerprint density at radius 2 is 1.70 bits per heavy atom. The Morgan fingerprint density at radius 3 is 2.26 bits per heavy atom. The highest BCUT2D eigenvalue weighted by Gasteiger charge is 2.50. The van der Waals surface area contributed by atoms with Crippen LogP contribution in [0.2, 0.25) is 0 Å². The Balaban J connectivity index is 0.00000676. The number of guanidine groups is 1. The van der Waals surface area contributed by atoms with Gasteiger partial charge in [0, 0.05) is 26.2 Å². The monoisotopic (exact) mass is 528 g/mol. The Morgan fingerprint density at radius 1 is 1.15 bits per heavy atom. The molecule has 1 saturated heterocycles. The van der Waals surface area contributed by atoms with Crippen LogP contribution in [0.25, 0.3) is 0 Å². The number of aliphatic imine (C=N–C) groups is 1. The molecule has 0 aromatic heterocycles. The molecule has 0 aliphatic carbocycles. The van der Waals surface area contributed by atoms with Gasteiger partial charge in [-0.15, -0.1) is 24.0 Å². The molecule has 1 fully saturated rings. The number of nitrogens with zero attached hydrogens (tertiary/aromatic N) is 2. The molecule has 0 aromatic carbocycles. The standard InChI is InChI=1S/C16H31F3N4O2S.HI/c1-2-3-4-5-6-7-10-21-15(20)22-13-14-8-11-23(12-9-14)26(24,25)16(17,18)19;/h14H,2-13H2,1H3,(H3,20,21,22);1H. The highest BCUT2D eigenvalue weighted by Crippen LogP contribution is 2.30. The van der Waals surface area contributed by atoms with Gasteiger partial charge in [-0.3, -0.25) is 4.99 Å². The minimum atomic E-state index is -5.23. The highest BCUT2D eigenvalue weighted by atomic mass is 127. The number of alkyl halides is 3. The lowest BCUT2D eigenvalue weighted by Gasteiger charge is -2.30. The van der Waals surface area contributed by atoms with Gasteiger partial charge in [-0.2, -0.15) is 17.5 Å². The second-order valence-corrected chi connectivity index (χ2v) is 8.64. The van der Waals surface area contributed by atoms with Crippen molar-refractivity contribution in [3.05, 3.63) is 0 Å². The smallest absolute Gasteiger partial charge is 0.370 e. The van der Waals surface area contributed by atoms with Crippen molar-refractivity contribution in [1.29, 1.82) is 0 Å². The van der Waals surface area contributed by atoms with E-state index >= 15 is 0 Å². The summed E-state index contributed by atoms with van der Waals surface area (Å²) in [6.07, 6.45) is 7.82. The van der Waals surface area contributed by atoms with E-state index in [0.717, 1.165) is 19.4 Å². The summed E-state index contributed by atoms with van der Waals surface area (Å²) in [5, 5.41) is 3.04. The number of nitrogens with one attached hydrogen (secondary N) is 1. The van der Waals surface area contributed by atoms with Gasteiger partial charge in [-0.25, -0.2) is 8.42 Å². The molecule has 0 unspecified atom stereocenters. The van der Waals surface area contributed by atoms with E-state index in [4.69, 9.17) is 5.73 Å². The van der Waals surface area contributed by atoms with Crippen LogP contribution in [0.3, 0.4) is 0 Å². The van der Waals surface area contributed by atoms with Crippen LogP contribution >= 0.6 is 24.0 Å². The zero-order chi connectivity index (χ0) is 19.6. The molecule has 3 N–H and O–H groups in total. The SMILES string of the molecule is CCCCCCCCNC(N)=NCC1CCN(S(=O)(=O)C(F)(F)F)CC1.I. The Labute approximate surface area is 177 Å². The molecular formula is C16H32F3IN4O2S. The van der Waals surface area contributed by atoms with Crippen molar-refractivity contribution in [3.8, 4) is 0 Å². The summed E-state index contributed by atoms with van der Waals surface area (Å²) in [6, 6.07) is 0. The minimum absolute atomic E-state index is 0. The van der Waals surface area contributed by atoms with Gasteiger partial charge >= 0.3 is 15.5 Å². The third-order valence-electron chi connectivity index (χ3n) is 4.56. The molecule has 1 aliphatic rings. The van der Waals surface area contributed by atoms with Crippen molar-refractivity contribution in [3.63, 3.8) is 0 Å². The molecule has 27 heavy (non-hydrogen) atoms. The van der Waals surface area contributed by atoms with Crippen molar-refractivity contribution in [1.82, 2.24) is 9.62 Å². The van der Waals surface area contributed by atoms with Crippen molar-refractivity contribution >= 4 is 40.0 Å². The first-order valence-electron chi connectivity index (χ1n) is 9.28. The second-order valence-electron chi connectivity index (χ2n) is 6.71. The first-order chi connectivity index (χ1) is 12.2. The van der Waals surface area contributed by atoms with Crippen LogP contribution < -0.4 is 11.1 Å². The normalized spacial score (nSPS) is 17.6. The molecule has 162 valence electrons. The molecular weight excluding hydrogens is 496 g/mol. The Hall–Kier alpha value is -0.300. The number of unbranched alkanes of at least 4 members (excludes halogenated alkanes) is 5. The largest absolute Gasteiger partial charge is 0.511 e. The predicted octanol–water partition coefficient (Wildman–Crippen LogP) is 3.43. The summed E-state index contributed by atoms with van der Waals surface area (Å²) >= 11 is 0. The van der Waals surface area contributed by atoms with Crippen LogP contribution in [0.1, 0.15) is 58.3 Å². The van der Waals surface area contributed by atoms with Crippen LogP contribution in [0.5, 0.6) is 0 Å². The third-order valence-corrected chi connectivity index (χ3v) is 6.19. The van der Waals surface area contributed by atoms with Gasteiger partial charge in [-0.1, -0.05) is 39.0 Å². The highest BCUT2D eigenvalue weighted by molar-refractivity contribution is 14.0. The van der Waals surface area contributed by atoms with Crippen LogP contribution in [0, 0.1) is 5.92 Å². The summed E-state index contributed by atoms with van der Waals surface area (Å²) < 4.78 is 60.8. The molecule has 6 nitrogen and oxygen atoms in total. The maximum absolute atomic E-state index is 12.5. The van der Waals surface area contributed by atoms with Gasteiger partial charge in [-0.05, 0) is 25.2 Å². The number of halogens is 4. The molecule has 0 radical (unpaired) electrons. The van der Waals surface area contributed by atoms with E-state index in [1.807, 2.05) is 0 Å². The lowest BCUT2D eigenvalue weighted by Crippen LogP contribution is -2.45. The van der Waals surface area contributed by atoms with Crippen LogP contribution in [-0.4, -0.2) is 50.4 Å². The number of rotatable bonds is 10. The lowest BCUT2D eigenvalue weighted by molar-refractivity contribution is -0.0496. The van der Waals surface area contributed by atoms with E-state index in [2.05, 4.69) is 17.2 Å². The fourth-order valence-electron chi connectivity index (χ4n) is 2.88. The van der Waals surface area contributed by atoms with Gasteiger partial charge in [0.2, 0.25) is 0 Å². The van der Waals surface area contributed by atoms with Gasteiger partial charge in [0.25, 0.3) is 0 Å². The number of piperidine rings is 1. The van der Waals surface area contributed by atoms with Crippen molar-refractivity contribution < 1.29 is 21.6 Å². The van der Waals surface area contributed by atoms with E-state index < -0.39 is 15.5 Å². The van der Waals surface area contributed by atoms with E-state index in [1.54, 1.807) is 0 Å². The topological polar surface area (TPSA) is 87.8 Å². The van der Waals surface area contributed by atoms with E-state index in [9.17, 15) is 21.6 Å². The lowest BCUT2D eigenvalue weighted by atomic mass is 9.98. The van der Waals surface area contributed by atoms with E-state index in [0.29, 0.717) is 29.7 Å². The van der Waals surface area contributed by atoms with Crippen LogP contribution in [0.4, 0.5) is 13.2 Å². The maximum atomic E-state index is 12.5. The van der Waals surface area contributed by atoms with Gasteiger partial charge < -0.3 is 11.1 Å². The fraction of sp³-hybridized carbons (Fsp3) is 0.938. The second kappa shape index (κ2) is 13.0. The molecule has 0 bridgehead atoms. The predicted molar refractivity (Wildman–Crippen MR) is 113 cm³/mol. The molecule has 11 heteroatoms. The molecule has 1 aliphatic heterocycles. The quantitative estimate of drug-likeness (QED) is 0.197. The number of hydrogen-bond donors (Lipinski definition) is 2. The molecule has 0 saturated carbocycles. The zero-order valence-electron chi connectivity index (χ0n) is 15.8. The summed E-state index contributed by atoms with van der Waals surface area (Å²) in [4.78, 5) is 4.22. The maximum Gasteiger partial charge on any atom is 0.511 e. The molecule has 0 aromatic rings. The van der Waals surface area contributed by atoms with Crippen LogP contribution in [-0.2, 0) is 10.0 Å². The summed E-state index contributed by atoms with van der Waals surface area (Å²) in [5.41, 5.74) is 0.558. The Bertz CT molecular complexity index is 536. The molecule has 1 rings (SSSR count). The van der Waals surface area contributed by atoms with Crippen molar-refractivity contribution in [2.24, 2.45) is 16.6 Å². The molecule has 0 spiro atoms. The summed E-state index contributed by atoms with van der Waals surface area (Å²) in [6.45, 7) is 3.07. The zero-order valence-corrected chi connectivity index (χ0v) is 18.9. The first kappa shape index (κ1) is 26.7. The summed E-state index contributed by atoms with van der Waals surface area (Å²) in [7, 11) is -5.22. The average molecular weight is 528 g/mol. The summed E-state index contributed by atoms with van der Waals surface area (Å²) in [5.74, 6) is 0.382. The molecule has 0 atom stereocenters. The molecule has 1 heterocycles. The van der Waals surface area contributed by atoms with Gasteiger partial charge in [0.15, 0.2) is 5.96 Å². The number of nitrogens with two attached hydrogens (primary N) is 1. The number of sulfonamides is 1. The first-order valence-corrected chi connectivity index (χ1v) is 10.7. The van der Waals surface area contributed by atoms with Gasteiger partial charge in [0.1, 0.15) is 0 Å². The number of hydrogen-bond acceptors (Lipinski definition) is 3. The average Bonchev–Trinajstić information content (AvgIpc) is 2.58. The fourth-order valence-corrected chi connectivity index (χ4v) is 3.87. The minimum Gasteiger partial charge on any atom is -0.370 e. The van der Waals surface area contributed by atoms with E-state index in [1.165, 1.54) is 25.7 Å². The Kier molecular flexibility index (Phi) is 12.9. The van der Waals surface area contributed by atoms with E-state index in [-0.39, 0.29) is 43.0 Å². The van der Waals surface area contributed by atoms with Crippen molar-refractivity contribution in [2.75, 3.05) is 26.2 Å². The van der Waals surface area contributed by atoms with Gasteiger partial charge in [0.05, 0.1) is 0 Å².